The first-order valence-corrected chi connectivity index (χ1v) is 4.72. The second kappa shape index (κ2) is 5.25. The van der Waals surface area contributed by atoms with Crippen molar-refractivity contribution in [2.75, 3.05) is 6.54 Å². The quantitative estimate of drug-likeness (QED) is 0.768. The summed E-state index contributed by atoms with van der Waals surface area (Å²) in [5, 5.41) is 3.51. The second-order valence-electron chi connectivity index (χ2n) is 3.48. The lowest BCUT2D eigenvalue weighted by Crippen LogP contribution is -2.23. The van der Waals surface area contributed by atoms with Gasteiger partial charge in [0, 0.05) is 6.04 Å². The van der Waals surface area contributed by atoms with E-state index in [-0.39, 0.29) is 12.4 Å². The third-order valence-electron chi connectivity index (χ3n) is 2.49. The molecule has 1 unspecified atom stereocenters. The lowest BCUT2D eigenvalue weighted by molar-refractivity contribution is 0.603. The number of nitrogens with one attached hydrogen (secondary N) is 1. The van der Waals surface area contributed by atoms with Crippen LogP contribution in [0.1, 0.15) is 18.4 Å². The highest BCUT2D eigenvalue weighted by Gasteiger charge is 2.13. The van der Waals surface area contributed by atoms with Crippen LogP contribution in [0.2, 0.25) is 0 Å². The Morgan fingerprint density at radius 1 is 1.23 bits per heavy atom. The summed E-state index contributed by atoms with van der Waals surface area (Å²) in [5.74, 6) is 0. The van der Waals surface area contributed by atoms with Crippen LogP contribution in [0.15, 0.2) is 30.3 Å². The fourth-order valence-corrected chi connectivity index (χ4v) is 1.83. The van der Waals surface area contributed by atoms with Gasteiger partial charge in [-0.2, -0.15) is 0 Å². The van der Waals surface area contributed by atoms with E-state index in [1.165, 1.54) is 31.4 Å². The van der Waals surface area contributed by atoms with E-state index < -0.39 is 0 Å². The maximum Gasteiger partial charge on any atom is 0.0108 e. The molecule has 0 radical (unpaired) electrons. The third-order valence-corrected chi connectivity index (χ3v) is 2.49. The van der Waals surface area contributed by atoms with Gasteiger partial charge in [-0.15, -0.1) is 12.4 Å². The van der Waals surface area contributed by atoms with Gasteiger partial charge in [0.2, 0.25) is 0 Å². The molecule has 0 aromatic heterocycles. The molecule has 0 saturated carbocycles. The fourth-order valence-electron chi connectivity index (χ4n) is 1.83. The summed E-state index contributed by atoms with van der Waals surface area (Å²) in [6, 6.07) is 11.5. The zero-order chi connectivity index (χ0) is 8.23. The largest absolute Gasteiger partial charge is 0.314 e. The number of hydrogen-bond donors (Lipinski definition) is 1. The minimum absolute atomic E-state index is 0. The molecule has 1 nitrogen and oxygen atoms in total. The zero-order valence-electron chi connectivity index (χ0n) is 7.70. The Morgan fingerprint density at radius 3 is 2.62 bits per heavy atom. The molecule has 1 aromatic rings. The highest BCUT2D eigenvalue weighted by molar-refractivity contribution is 5.85. The molecule has 1 heterocycles. The number of benzene rings is 1. The molecular formula is C11H16ClN. The average molecular weight is 198 g/mol. The van der Waals surface area contributed by atoms with Crippen LogP contribution in [-0.2, 0) is 6.42 Å². The minimum Gasteiger partial charge on any atom is -0.314 e. The molecule has 1 aliphatic heterocycles. The van der Waals surface area contributed by atoms with Crippen molar-refractivity contribution in [1.29, 1.82) is 0 Å². The van der Waals surface area contributed by atoms with Gasteiger partial charge in [-0.25, -0.2) is 0 Å². The normalized spacial score (nSPS) is 21.1. The van der Waals surface area contributed by atoms with Crippen LogP contribution in [-0.4, -0.2) is 12.6 Å². The van der Waals surface area contributed by atoms with Crippen molar-refractivity contribution in [3.63, 3.8) is 0 Å². The van der Waals surface area contributed by atoms with Crippen LogP contribution >= 0.6 is 12.4 Å². The van der Waals surface area contributed by atoms with Crippen LogP contribution in [0, 0.1) is 0 Å². The van der Waals surface area contributed by atoms with Crippen molar-refractivity contribution in [2.45, 2.75) is 25.3 Å². The molecule has 72 valence electrons. The molecule has 13 heavy (non-hydrogen) atoms. The van der Waals surface area contributed by atoms with Crippen LogP contribution in [0.25, 0.3) is 0 Å². The van der Waals surface area contributed by atoms with Gasteiger partial charge in [0.1, 0.15) is 0 Å². The number of hydrogen-bond acceptors (Lipinski definition) is 1. The molecule has 1 aliphatic rings. The van der Waals surface area contributed by atoms with Crippen molar-refractivity contribution in [2.24, 2.45) is 0 Å². The van der Waals surface area contributed by atoms with Crippen LogP contribution in [0.3, 0.4) is 0 Å². The molecular weight excluding hydrogens is 182 g/mol. The van der Waals surface area contributed by atoms with E-state index in [0.717, 1.165) is 6.04 Å². The Morgan fingerprint density at radius 2 is 2.00 bits per heavy atom. The van der Waals surface area contributed by atoms with Crippen LogP contribution in [0.4, 0.5) is 0 Å². The maximum atomic E-state index is 3.51. The first kappa shape index (κ1) is 10.6. The van der Waals surface area contributed by atoms with E-state index in [1.54, 1.807) is 0 Å². The van der Waals surface area contributed by atoms with E-state index in [9.17, 15) is 0 Å². The Bertz CT molecular complexity index is 229. The van der Waals surface area contributed by atoms with Gasteiger partial charge in [-0.05, 0) is 31.4 Å². The summed E-state index contributed by atoms with van der Waals surface area (Å²) in [6.45, 7) is 1.21. The zero-order valence-corrected chi connectivity index (χ0v) is 8.52. The van der Waals surface area contributed by atoms with Gasteiger partial charge in [0.25, 0.3) is 0 Å². The maximum absolute atomic E-state index is 3.51. The molecule has 1 aromatic carbocycles. The molecule has 1 atom stereocenters. The van der Waals surface area contributed by atoms with E-state index >= 15 is 0 Å². The van der Waals surface area contributed by atoms with Gasteiger partial charge in [0.15, 0.2) is 0 Å². The highest BCUT2D eigenvalue weighted by Crippen LogP contribution is 2.11. The summed E-state index contributed by atoms with van der Waals surface area (Å²) in [4.78, 5) is 0. The summed E-state index contributed by atoms with van der Waals surface area (Å²) in [7, 11) is 0. The van der Waals surface area contributed by atoms with E-state index in [2.05, 4.69) is 35.6 Å². The average Bonchev–Trinajstić information content (AvgIpc) is 2.59. The van der Waals surface area contributed by atoms with Crippen molar-refractivity contribution in [1.82, 2.24) is 5.32 Å². The predicted molar refractivity (Wildman–Crippen MR) is 58.4 cm³/mol. The van der Waals surface area contributed by atoms with Crippen molar-refractivity contribution in [3.8, 4) is 0 Å². The smallest absolute Gasteiger partial charge is 0.0108 e. The first-order valence-electron chi connectivity index (χ1n) is 4.72. The summed E-state index contributed by atoms with van der Waals surface area (Å²) in [5.41, 5.74) is 1.46. The molecule has 0 bridgehead atoms. The van der Waals surface area contributed by atoms with Crippen molar-refractivity contribution < 1.29 is 0 Å². The second-order valence-corrected chi connectivity index (χ2v) is 3.48. The standard InChI is InChI=1S/C11H15N.ClH/c1-2-5-10(6-3-1)9-11-7-4-8-12-11;/h1-3,5-6,11-12H,4,7-9H2;1H. The van der Waals surface area contributed by atoms with E-state index in [1.807, 2.05) is 0 Å². The van der Waals surface area contributed by atoms with Gasteiger partial charge < -0.3 is 5.32 Å². The molecule has 2 heteroatoms. The van der Waals surface area contributed by atoms with Crippen molar-refractivity contribution in [3.05, 3.63) is 35.9 Å². The lowest BCUT2D eigenvalue weighted by Gasteiger charge is -2.08. The highest BCUT2D eigenvalue weighted by atomic mass is 35.5. The fraction of sp³-hybridized carbons (Fsp3) is 0.455. The molecule has 2 rings (SSSR count). The summed E-state index contributed by atoms with van der Waals surface area (Å²) >= 11 is 0. The lowest BCUT2D eigenvalue weighted by atomic mass is 10.1. The molecule has 1 N–H and O–H groups in total. The molecule has 1 saturated heterocycles. The summed E-state index contributed by atoms with van der Waals surface area (Å²) in [6.07, 6.45) is 3.88. The van der Waals surface area contributed by atoms with Gasteiger partial charge >= 0.3 is 0 Å². The number of rotatable bonds is 2. The SMILES string of the molecule is Cl.c1ccc(CC2CCCN2)cc1. The van der Waals surface area contributed by atoms with E-state index in [0.29, 0.717) is 0 Å². The Hall–Kier alpha value is -0.530. The Labute approximate surface area is 86.0 Å². The molecule has 1 fully saturated rings. The topological polar surface area (TPSA) is 12.0 Å². The molecule has 0 amide bonds. The van der Waals surface area contributed by atoms with Crippen LogP contribution in [0.5, 0.6) is 0 Å². The van der Waals surface area contributed by atoms with Gasteiger partial charge in [-0.1, -0.05) is 30.3 Å². The van der Waals surface area contributed by atoms with E-state index in [4.69, 9.17) is 0 Å². The molecule has 0 spiro atoms. The Balaban J connectivity index is 0.000000845. The summed E-state index contributed by atoms with van der Waals surface area (Å²) < 4.78 is 0. The van der Waals surface area contributed by atoms with Gasteiger partial charge in [-0.3, -0.25) is 0 Å². The van der Waals surface area contributed by atoms with Crippen molar-refractivity contribution >= 4 is 12.4 Å². The minimum atomic E-state index is 0. The Kier molecular flexibility index (Phi) is 4.26. The third kappa shape index (κ3) is 3.02. The predicted octanol–water partition coefficient (Wildman–Crippen LogP) is 2.40. The molecule has 0 aliphatic carbocycles. The first-order chi connectivity index (χ1) is 5.95. The number of halogens is 1. The van der Waals surface area contributed by atoms with Crippen LogP contribution < -0.4 is 5.32 Å². The monoisotopic (exact) mass is 197 g/mol. The van der Waals surface area contributed by atoms with Gasteiger partial charge in [0.05, 0.1) is 0 Å².